The number of aromatic nitrogens is 5. The molecule has 1 aliphatic rings. The zero-order valence-electron chi connectivity index (χ0n) is 19.9. The minimum Gasteiger partial charge on any atom is -0.444 e. The van der Waals surface area contributed by atoms with Crippen LogP contribution in [0.2, 0.25) is 5.02 Å². The van der Waals surface area contributed by atoms with Gasteiger partial charge in [0, 0.05) is 29.7 Å². The van der Waals surface area contributed by atoms with Crippen molar-refractivity contribution in [1.29, 1.82) is 0 Å². The molecule has 0 spiro atoms. The molecule has 0 aromatic carbocycles. The number of nitrogen functional groups attached to an aromatic ring is 1. The van der Waals surface area contributed by atoms with Gasteiger partial charge in [-0.1, -0.05) is 23.4 Å². The second-order valence-corrected chi connectivity index (χ2v) is 11.0. The molecule has 3 N–H and O–H groups in total. The Morgan fingerprint density at radius 1 is 1.32 bits per heavy atom. The van der Waals surface area contributed by atoms with Crippen molar-refractivity contribution in [3.63, 3.8) is 0 Å². The molecule has 12 heteroatoms. The molecule has 0 saturated carbocycles. The minimum absolute atomic E-state index is 0.283. The molecule has 0 bridgehead atoms. The summed E-state index contributed by atoms with van der Waals surface area (Å²) in [7, 11) is 0. The zero-order valence-corrected chi connectivity index (χ0v) is 21.5. The van der Waals surface area contributed by atoms with E-state index in [1.807, 2.05) is 45.1 Å². The number of carbonyl (C=O) groups excluding carboxylic acids is 1. The van der Waals surface area contributed by atoms with Gasteiger partial charge >= 0.3 is 6.09 Å². The van der Waals surface area contributed by atoms with E-state index in [9.17, 15) is 4.79 Å². The standard InChI is InChI=1S/C22H29ClN8O2S/c1-13-19(34-14-6-9-25-16(24)15(14)23)31-12-26-29-18(31)17(27-13)30-10-7-22(5,8-11-30)28-20(32)33-21(2,3)4/h6,9,12H,7-8,10-11H2,1-5H3,(H2,24,25)(H,28,32). The molecule has 4 rings (SSSR count). The van der Waals surface area contributed by atoms with E-state index in [2.05, 4.69) is 25.4 Å². The number of amides is 1. The van der Waals surface area contributed by atoms with Crippen LogP contribution < -0.4 is 16.0 Å². The lowest BCUT2D eigenvalue weighted by molar-refractivity contribution is 0.0448. The summed E-state index contributed by atoms with van der Waals surface area (Å²) in [4.78, 5) is 24.2. The highest BCUT2D eigenvalue weighted by atomic mass is 35.5. The molecule has 1 fully saturated rings. The number of piperidine rings is 1. The molecule has 3 aromatic rings. The molecule has 0 atom stereocenters. The third kappa shape index (κ3) is 5.15. The number of halogens is 1. The first-order valence-electron chi connectivity index (χ1n) is 11.0. The minimum atomic E-state index is -0.534. The Bertz CT molecular complexity index is 1220. The van der Waals surface area contributed by atoms with E-state index in [0.717, 1.165) is 34.3 Å². The van der Waals surface area contributed by atoms with E-state index < -0.39 is 11.7 Å². The molecular weight excluding hydrogens is 476 g/mol. The Kier molecular flexibility index (Phi) is 6.52. The van der Waals surface area contributed by atoms with Gasteiger partial charge in [0.15, 0.2) is 5.82 Å². The Morgan fingerprint density at radius 3 is 2.71 bits per heavy atom. The van der Waals surface area contributed by atoms with E-state index >= 15 is 0 Å². The normalized spacial score (nSPS) is 16.0. The number of hydrogen-bond donors (Lipinski definition) is 2. The Labute approximate surface area is 207 Å². The highest BCUT2D eigenvalue weighted by Crippen LogP contribution is 2.38. The number of hydrogen-bond acceptors (Lipinski definition) is 9. The third-order valence-corrected chi connectivity index (χ3v) is 7.36. The van der Waals surface area contributed by atoms with Crippen LogP contribution in [0.3, 0.4) is 0 Å². The van der Waals surface area contributed by atoms with Crippen LogP contribution >= 0.6 is 23.4 Å². The van der Waals surface area contributed by atoms with Crippen LogP contribution in [0.4, 0.5) is 16.4 Å². The summed E-state index contributed by atoms with van der Waals surface area (Å²) in [6, 6.07) is 1.82. The van der Waals surface area contributed by atoms with E-state index in [1.165, 1.54) is 11.8 Å². The van der Waals surface area contributed by atoms with Gasteiger partial charge in [0.1, 0.15) is 22.8 Å². The molecule has 1 amide bonds. The van der Waals surface area contributed by atoms with Gasteiger partial charge in [-0.15, -0.1) is 10.2 Å². The first-order valence-corrected chi connectivity index (χ1v) is 12.2. The van der Waals surface area contributed by atoms with Crippen molar-refractivity contribution in [3.8, 4) is 0 Å². The van der Waals surface area contributed by atoms with Gasteiger partial charge in [0.2, 0.25) is 5.65 Å². The highest BCUT2D eigenvalue weighted by molar-refractivity contribution is 7.99. The monoisotopic (exact) mass is 504 g/mol. The maximum Gasteiger partial charge on any atom is 0.408 e. The second kappa shape index (κ2) is 9.10. The summed E-state index contributed by atoms with van der Waals surface area (Å²) >= 11 is 7.80. The predicted molar refractivity (Wildman–Crippen MR) is 133 cm³/mol. The van der Waals surface area contributed by atoms with Gasteiger partial charge in [-0.3, -0.25) is 4.40 Å². The van der Waals surface area contributed by atoms with Crippen molar-refractivity contribution < 1.29 is 9.53 Å². The lowest BCUT2D eigenvalue weighted by atomic mass is 9.90. The van der Waals surface area contributed by atoms with E-state index in [1.54, 1.807) is 12.5 Å². The average molecular weight is 505 g/mol. The molecule has 0 radical (unpaired) electrons. The topological polar surface area (TPSA) is 124 Å². The second-order valence-electron chi connectivity index (χ2n) is 9.64. The molecule has 182 valence electrons. The number of nitrogens with one attached hydrogen (secondary N) is 1. The zero-order chi connectivity index (χ0) is 24.7. The number of nitrogens with zero attached hydrogens (tertiary/aromatic N) is 6. The van der Waals surface area contributed by atoms with Crippen LogP contribution in [0.5, 0.6) is 0 Å². The molecular formula is C22H29ClN8O2S. The predicted octanol–water partition coefficient (Wildman–Crippen LogP) is 4.10. The molecule has 10 nitrogen and oxygen atoms in total. The number of carbonyl (C=O) groups is 1. The van der Waals surface area contributed by atoms with Crippen LogP contribution in [-0.4, -0.2) is 54.9 Å². The van der Waals surface area contributed by atoms with Crippen LogP contribution in [0.15, 0.2) is 28.5 Å². The number of fused-ring (bicyclic) bond motifs is 1. The number of nitrogens with two attached hydrogens (primary N) is 1. The molecule has 3 aromatic heterocycles. The fraction of sp³-hybridized carbons (Fsp3) is 0.500. The van der Waals surface area contributed by atoms with Crippen LogP contribution in [0, 0.1) is 6.92 Å². The summed E-state index contributed by atoms with van der Waals surface area (Å²) in [5.74, 6) is 1.05. The smallest absolute Gasteiger partial charge is 0.408 e. The molecule has 1 saturated heterocycles. The molecule has 0 aliphatic carbocycles. The first kappa shape index (κ1) is 24.3. The van der Waals surface area contributed by atoms with E-state index in [4.69, 9.17) is 27.1 Å². The lowest BCUT2D eigenvalue weighted by Gasteiger charge is -2.40. The van der Waals surface area contributed by atoms with Gasteiger partial charge in [0.05, 0.1) is 10.7 Å². The number of alkyl carbamates (subject to hydrolysis) is 1. The van der Waals surface area contributed by atoms with Gasteiger partial charge in [0.25, 0.3) is 0 Å². The number of anilines is 2. The fourth-order valence-electron chi connectivity index (χ4n) is 3.81. The fourth-order valence-corrected chi connectivity index (χ4v) is 5.00. The SMILES string of the molecule is Cc1nc(N2CCC(C)(NC(=O)OC(C)(C)C)CC2)c2nncn2c1Sc1ccnc(N)c1Cl. The maximum atomic E-state index is 12.3. The maximum absolute atomic E-state index is 12.3. The van der Waals surface area contributed by atoms with Crippen molar-refractivity contribution in [2.75, 3.05) is 23.7 Å². The van der Waals surface area contributed by atoms with Crippen molar-refractivity contribution in [3.05, 3.63) is 29.3 Å². The van der Waals surface area contributed by atoms with Crippen molar-refractivity contribution in [2.45, 2.75) is 68.5 Å². The van der Waals surface area contributed by atoms with E-state index in [-0.39, 0.29) is 11.4 Å². The van der Waals surface area contributed by atoms with Gasteiger partial charge in [-0.2, -0.15) is 0 Å². The Hall–Kier alpha value is -2.79. The summed E-state index contributed by atoms with van der Waals surface area (Å²) in [6.45, 7) is 11.0. The van der Waals surface area contributed by atoms with Gasteiger partial charge in [-0.05, 0) is 53.5 Å². The first-order chi connectivity index (χ1) is 16.0. The summed E-state index contributed by atoms with van der Waals surface area (Å²) < 4.78 is 7.36. The molecule has 4 heterocycles. The van der Waals surface area contributed by atoms with Gasteiger partial charge in [-0.25, -0.2) is 14.8 Å². The van der Waals surface area contributed by atoms with Gasteiger partial charge < -0.3 is 20.7 Å². The summed E-state index contributed by atoms with van der Waals surface area (Å²) in [6.07, 6.45) is 4.40. The average Bonchev–Trinajstić information content (AvgIpc) is 3.22. The van der Waals surface area contributed by atoms with Crippen molar-refractivity contribution in [1.82, 2.24) is 29.9 Å². The van der Waals surface area contributed by atoms with Crippen LogP contribution in [0.1, 0.15) is 46.2 Å². The van der Waals surface area contributed by atoms with Crippen LogP contribution in [0.25, 0.3) is 5.65 Å². The molecule has 34 heavy (non-hydrogen) atoms. The van der Waals surface area contributed by atoms with Crippen molar-refractivity contribution >= 4 is 46.7 Å². The number of rotatable bonds is 4. The quantitative estimate of drug-likeness (QED) is 0.540. The molecule has 0 unspecified atom stereocenters. The Balaban J connectivity index is 1.54. The van der Waals surface area contributed by atoms with E-state index in [0.29, 0.717) is 23.8 Å². The number of ether oxygens (including phenoxy) is 1. The third-order valence-electron chi connectivity index (χ3n) is 5.61. The Morgan fingerprint density at radius 2 is 2.03 bits per heavy atom. The summed E-state index contributed by atoms with van der Waals surface area (Å²) in [5, 5.41) is 12.8. The van der Waals surface area contributed by atoms with Crippen LogP contribution in [-0.2, 0) is 4.74 Å². The van der Waals surface area contributed by atoms with Crippen molar-refractivity contribution in [2.24, 2.45) is 0 Å². The highest BCUT2D eigenvalue weighted by Gasteiger charge is 2.34. The number of aryl methyl sites for hydroxylation is 1. The largest absolute Gasteiger partial charge is 0.444 e. The summed E-state index contributed by atoms with van der Waals surface area (Å²) in [5.41, 5.74) is 6.46. The number of pyridine rings is 1. The molecule has 1 aliphatic heterocycles. The lowest BCUT2D eigenvalue weighted by Crippen LogP contribution is -2.54.